The first-order valence-electron chi connectivity index (χ1n) is 7.16. The summed E-state index contributed by atoms with van der Waals surface area (Å²) < 4.78 is 1.18. The molecule has 104 valence electrons. The van der Waals surface area contributed by atoms with Crippen LogP contribution in [0.5, 0.6) is 0 Å². The van der Waals surface area contributed by atoms with Crippen LogP contribution in [-0.4, -0.2) is 10.7 Å². The highest BCUT2D eigenvalue weighted by molar-refractivity contribution is 7.22. The van der Waals surface area contributed by atoms with Gasteiger partial charge < -0.3 is 0 Å². The number of rotatable bonds is 2. The molecule has 0 spiro atoms. The standard InChI is InChI=1S/C17H15N3S/c1-2-8-13-12(6-1)7-5-10-14(13)19-20-17-18-15-9-3-4-11-16(15)21-17/h1-4,6,8-9,11H,5,7,10H2,(H,18,20)/b19-14+. The van der Waals surface area contributed by atoms with E-state index in [0.29, 0.717) is 0 Å². The second-order valence-electron chi connectivity index (χ2n) is 5.17. The van der Waals surface area contributed by atoms with E-state index in [2.05, 4.69) is 45.8 Å². The number of para-hydroxylation sites is 1. The van der Waals surface area contributed by atoms with Crippen molar-refractivity contribution in [2.45, 2.75) is 19.3 Å². The Labute approximate surface area is 127 Å². The fraction of sp³-hybridized carbons (Fsp3) is 0.176. The van der Waals surface area contributed by atoms with Gasteiger partial charge in [0.05, 0.1) is 15.9 Å². The summed E-state index contributed by atoms with van der Waals surface area (Å²) in [5.74, 6) is 0. The first kappa shape index (κ1) is 12.5. The van der Waals surface area contributed by atoms with Crippen LogP contribution in [0.2, 0.25) is 0 Å². The number of hydrogen-bond donors (Lipinski definition) is 1. The quantitative estimate of drug-likeness (QED) is 0.709. The molecule has 21 heavy (non-hydrogen) atoms. The van der Waals surface area contributed by atoms with Crippen LogP contribution in [-0.2, 0) is 6.42 Å². The van der Waals surface area contributed by atoms with Gasteiger partial charge in [-0.1, -0.05) is 47.7 Å². The van der Waals surface area contributed by atoms with Crippen molar-refractivity contribution in [2.24, 2.45) is 5.10 Å². The number of fused-ring (bicyclic) bond motifs is 2. The molecule has 3 nitrogen and oxygen atoms in total. The third-order valence-corrected chi connectivity index (χ3v) is 4.71. The summed E-state index contributed by atoms with van der Waals surface area (Å²) >= 11 is 1.64. The van der Waals surface area contributed by atoms with Crippen LogP contribution < -0.4 is 5.43 Å². The monoisotopic (exact) mass is 293 g/mol. The number of nitrogens with zero attached hydrogens (tertiary/aromatic N) is 2. The number of nitrogens with one attached hydrogen (secondary N) is 1. The lowest BCUT2D eigenvalue weighted by Gasteiger charge is -2.17. The van der Waals surface area contributed by atoms with Gasteiger partial charge in [-0.25, -0.2) is 4.98 Å². The topological polar surface area (TPSA) is 37.3 Å². The lowest BCUT2D eigenvalue weighted by atomic mass is 9.90. The molecule has 4 rings (SSSR count). The summed E-state index contributed by atoms with van der Waals surface area (Å²) in [6.45, 7) is 0. The zero-order valence-electron chi connectivity index (χ0n) is 11.5. The highest BCUT2D eigenvalue weighted by atomic mass is 32.1. The molecule has 0 bridgehead atoms. The van der Waals surface area contributed by atoms with Crippen LogP contribution >= 0.6 is 11.3 Å². The first-order chi connectivity index (χ1) is 10.4. The van der Waals surface area contributed by atoms with E-state index in [-0.39, 0.29) is 0 Å². The minimum atomic E-state index is 0.853. The smallest absolute Gasteiger partial charge is 0.204 e. The predicted octanol–water partition coefficient (Wildman–Crippen LogP) is 4.45. The van der Waals surface area contributed by atoms with E-state index in [4.69, 9.17) is 0 Å². The molecule has 1 aromatic heterocycles. The Morgan fingerprint density at radius 1 is 1.00 bits per heavy atom. The molecule has 2 aromatic carbocycles. The van der Waals surface area contributed by atoms with Crippen LogP contribution in [0, 0.1) is 0 Å². The second-order valence-corrected chi connectivity index (χ2v) is 6.20. The normalized spacial score (nSPS) is 16.1. The van der Waals surface area contributed by atoms with Gasteiger partial charge in [-0.2, -0.15) is 5.10 Å². The summed E-state index contributed by atoms with van der Waals surface area (Å²) in [7, 11) is 0. The molecule has 0 saturated carbocycles. The minimum Gasteiger partial charge on any atom is -0.252 e. The number of thiazole rings is 1. The molecule has 1 N–H and O–H groups in total. The van der Waals surface area contributed by atoms with Gasteiger partial charge in [0, 0.05) is 5.56 Å². The first-order valence-corrected chi connectivity index (χ1v) is 7.98. The van der Waals surface area contributed by atoms with Crippen LogP contribution in [0.3, 0.4) is 0 Å². The minimum absolute atomic E-state index is 0.853. The average Bonchev–Trinajstić information content (AvgIpc) is 2.96. The van der Waals surface area contributed by atoms with Crippen molar-refractivity contribution in [1.29, 1.82) is 0 Å². The number of aryl methyl sites for hydroxylation is 1. The number of benzene rings is 2. The van der Waals surface area contributed by atoms with Crippen molar-refractivity contribution < 1.29 is 0 Å². The molecule has 0 radical (unpaired) electrons. The Hall–Kier alpha value is -2.20. The van der Waals surface area contributed by atoms with Crippen molar-refractivity contribution in [3.8, 4) is 0 Å². The van der Waals surface area contributed by atoms with Gasteiger partial charge in [-0.3, -0.25) is 5.43 Å². The number of hydrazone groups is 1. The van der Waals surface area contributed by atoms with Gasteiger partial charge in [0.2, 0.25) is 5.13 Å². The van der Waals surface area contributed by atoms with E-state index >= 15 is 0 Å². The third-order valence-electron chi connectivity index (χ3n) is 3.77. The van der Waals surface area contributed by atoms with Gasteiger partial charge in [-0.15, -0.1) is 0 Å². The van der Waals surface area contributed by atoms with E-state index in [1.165, 1.54) is 15.8 Å². The van der Waals surface area contributed by atoms with Gasteiger partial charge in [0.25, 0.3) is 0 Å². The number of hydrogen-bond acceptors (Lipinski definition) is 4. The maximum atomic E-state index is 4.60. The molecule has 0 aliphatic heterocycles. The Balaban J connectivity index is 1.64. The Kier molecular flexibility index (Phi) is 3.16. The fourth-order valence-corrected chi connectivity index (χ4v) is 3.56. The summed E-state index contributed by atoms with van der Waals surface area (Å²) in [6.07, 6.45) is 3.34. The Morgan fingerprint density at radius 3 is 2.81 bits per heavy atom. The summed E-state index contributed by atoms with van der Waals surface area (Å²) in [4.78, 5) is 4.55. The molecular formula is C17H15N3S. The van der Waals surface area contributed by atoms with E-state index in [0.717, 1.165) is 35.6 Å². The maximum absolute atomic E-state index is 4.60. The molecule has 4 heteroatoms. The zero-order chi connectivity index (χ0) is 14.1. The van der Waals surface area contributed by atoms with Gasteiger partial charge in [-0.05, 0) is 37.0 Å². The molecule has 0 amide bonds. The van der Waals surface area contributed by atoms with Crippen molar-refractivity contribution in [2.75, 3.05) is 5.43 Å². The van der Waals surface area contributed by atoms with Gasteiger partial charge >= 0.3 is 0 Å². The maximum Gasteiger partial charge on any atom is 0.204 e. The predicted molar refractivity (Wildman–Crippen MR) is 89.2 cm³/mol. The van der Waals surface area contributed by atoms with Crippen molar-refractivity contribution in [1.82, 2.24) is 4.98 Å². The van der Waals surface area contributed by atoms with E-state index in [9.17, 15) is 0 Å². The molecule has 1 aliphatic carbocycles. The van der Waals surface area contributed by atoms with Crippen LogP contribution in [0.25, 0.3) is 10.2 Å². The van der Waals surface area contributed by atoms with Crippen LogP contribution in [0.4, 0.5) is 5.13 Å². The van der Waals surface area contributed by atoms with E-state index in [1.807, 2.05) is 18.2 Å². The molecule has 1 heterocycles. The van der Waals surface area contributed by atoms with Crippen LogP contribution in [0.15, 0.2) is 53.6 Å². The summed E-state index contributed by atoms with van der Waals surface area (Å²) in [5.41, 5.74) is 7.97. The summed E-state index contributed by atoms with van der Waals surface area (Å²) in [6, 6.07) is 16.7. The summed E-state index contributed by atoms with van der Waals surface area (Å²) in [5, 5.41) is 5.46. The number of aromatic nitrogens is 1. The SMILES string of the molecule is c1ccc2c(c1)CCC/C2=N\Nc1nc2ccccc2s1. The van der Waals surface area contributed by atoms with Crippen molar-refractivity contribution >= 4 is 32.4 Å². The lowest BCUT2D eigenvalue weighted by Crippen LogP contribution is -2.13. The Bertz CT molecular complexity index is 787. The van der Waals surface area contributed by atoms with Gasteiger partial charge in [0.15, 0.2) is 0 Å². The van der Waals surface area contributed by atoms with Crippen molar-refractivity contribution in [3.05, 3.63) is 59.7 Å². The van der Waals surface area contributed by atoms with Crippen molar-refractivity contribution in [3.63, 3.8) is 0 Å². The number of anilines is 1. The third kappa shape index (κ3) is 2.43. The van der Waals surface area contributed by atoms with E-state index < -0.39 is 0 Å². The fourth-order valence-electron chi connectivity index (χ4n) is 2.75. The molecular weight excluding hydrogens is 278 g/mol. The zero-order valence-corrected chi connectivity index (χ0v) is 12.4. The molecule has 1 aliphatic rings. The largest absolute Gasteiger partial charge is 0.252 e. The molecule has 0 unspecified atom stereocenters. The molecule has 0 atom stereocenters. The van der Waals surface area contributed by atoms with E-state index in [1.54, 1.807) is 11.3 Å². The Morgan fingerprint density at radius 2 is 1.86 bits per heavy atom. The lowest BCUT2D eigenvalue weighted by molar-refractivity contribution is 0.837. The van der Waals surface area contributed by atoms with Crippen LogP contribution in [0.1, 0.15) is 24.0 Å². The molecule has 3 aromatic rings. The second kappa shape index (κ2) is 5.30. The molecule has 0 saturated heterocycles. The van der Waals surface area contributed by atoms with Gasteiger partial charge in [0.1, 0.15) is 0 Å². The highest BCUT2D eigenvalue weighted by Crippen LogP contribution is 2.26. The average molecular weight is 293 g/mol. The molecule has 0 fully saturated rings. The highest BCUT2D eigenvalue weighted by Gasteiger charge is 2.14.